The lowest BCUT2D eigenvalue weighted by molar-refractivity contribution is -0.137. The topological polar surface area (TPSA) is 40.9 Å². The molecule has 0 aliphatic carbocycles. The number of hydrogen-bond acceptors (Lipinski definition) is 3. The smallest absolute Gasteiger partial charge is 0.368 e. The number of amides is 1. The fraction of sp³-hybridized carbons (Fsp3) is 0.333. The summed E-state index contributed by atoms with van der Waals surface area (Å²) in [4.78, 5) is 21.5. The summed E-state index contributed by atoms with van der Waals surface area (Å²) in [6.07, 6.45) is -3.05. The van der Waals surface area contributed by atoms with E-state index in [0.717, 1.165) is 18.0 Å². The largest absolute Gasteiger partial charge is 0.417 e. The summed E-state index contributed by atoms with van der Waals surface area (Å²) in [5, 5.41) is 0. The molecule has 0 atom stereocenters. The highest BCUT2D eigenvalue weighted by Crippen LogP contribution is 2.30. The highest BCUT2D eigenvalue weighted by molar-refractivity contribution is 5.95. The minimum Gasteiger partial charge on any atom is -0.368 e. The molecule has 1 fully saturated rings. The van der Waals surface area contributed by atoms with Gasteiger partial charge in [0.05, 0.1) is 11.3 Å². The van der Waals surface area contributed by atoms with Crippen LogP contribution >= 0.6 is 0 Å². The van der Waals surface area contributed by atoms with Gasteiger partial charge in [0.2, 0.25) is 0 Å². The lowest BCUT2D eigenvalue weighted by atomic mass is 10.2. The van der Waals surface area contributed by atoms with Crippen molar-refractivity contribution in [3.8, 4) is 0 Å². The molecule has 1 aromatic carbocycles. The second kappa shape index (κ2) is 7.42. The molecule has 152 valence electrons. The number of fused-ring (bicyclic) bond motifs is 1. The van der Waals surface area contributed by atoms with Crippen LogP contribution in [0, 0.1) is 0 Å². The number of aromatic nitrogens is 2. The van der Waals surface area contributed by atoms with E-state index in [9.17, 15) is 18.0 Å². The average molecular weight is 402 g/mol. The first-order valence-corrected chi connectivity index (χ1v) is 9.56. The van der Waals surface area contributed by atoms with E-state index in [1.165, 1.54) is 10.5 Å². The number of aryl methyl sites for hydroxylation is 1. The predicted molar refractivity (Wildman–Crippen MR) is 104 cm³/mol. The maximum absolute atomic E-state index is 13.2. The van der Waals surface area contributed by atoms with Gasteiger partial charge in [0, 0.05) is 38.1 Å². The fourth-order valence-corrected chi connectivity index (χ4v) is 3.69. The van der Waals surface area contributed by atoms with Crippen molar-refractivity contribution in [2.75, 3.05) is 31.1 Å². The van der Waals surface area contributed by atoms with E-state index in [-0.39, 0.29) is 11.6 Å². The molecular formula is C21H21F3N4O. The van der Waals surface area contributed by atoms with Crippen molar-refractivity contribution in [3.63, 3.8) is 0 Å². The molecule has 1 amide bonds. The van der Waals surface area contributed by atoms with Gasteiger partial charge >= 0.3 is 6.18 Å². The van der Waals surface area contributed by atoms with Crippen molar-refractivity contribution in [1.29, 1.82) is 0 Å². The number of alkyl halides is 3. The van der Waals surface area contributed by atoms with E-state index >= 15 is 0 Å². The van der Waals surface area contributed by atoms with E-state index in [1.54, 1.807) is 4.90 Å². The number of imidazole rings is 1. The van der Waals surface area contributed by atoms with Crippen LogP contribution in [0.3, 0.4) is 0 Å². The van der Waals surface area contributed by atoms with Crippen molar-refractivity contribution in [3.05, 3.63) is 65.6 Å². The van der Waals surface area contributed by atoms with Crippen LogP contribution in [0.25, 0.3) is 5.65 Å². The first kappa shape index (κ1) is 19.3. The van der Waals surface area contributed by atoms with E-state index < -0.39 is 11.7 Å². The van der Waals surface area contributed by atoms with Crippen molar-refractivity contribution in [1.82, 2.24) is 14.3 Å². The number of halogens is 3. The van der Waals surface area contributed by atoms with Gasteiger partial charge in [-0.3, -0.25) is 9.20 Å². The molecule has 1 saturated heterocycles. The van der Waals surface area contributed by atoms with Gasteiger partial charge < -0.3 is 9.80 Å². The van der Waals surface area contributed by atoms with Crippen LogP contribution in [0.15, 0.2) is 48.7 Å². The summed E-state index contributed by atoms with van der Waals surface area (Å²) in [5.74, 6) is -0.276. The van der Waals surface area contributed by atoms with Crippen LogP contribution in [0.1, 0.15) is 28.7 Å². The fourth-order valence-electron chi connectivity index (χ4n) is 3.69. The van der Waals surface area contributed by atoms with Crippen LogP contribution in [-0.4, -0.2) is 46.4 Å². The maximum Gasteiger partial charge on any atom is 0.417 e. The van der Waals surface area contributed by atoms with Gasteiger partial charge in [-0.05, 0) is 30.7 Å². The second-order valence-corrected chi connectivity index (χ2v) is 7.02. The van der Waals surface area contributed by atoms with E-state index in [2.05, 4.69) is 9.88 Å². The van der Waals surface area contributed by atoms with Gasteiger partial charge in [0.25, 0.3) is 5.91 Å². The first-order valence-electron chi connectivity index (χ1n) is 9.56. The van der Waals surface area contributed by atoms with Crippen molar-refractivity contribution in [2.24, 2.45) is 0 Å². The third kappa shape index (κ3) is 3.66. The summed E-state index contributed by atoms with van der Waals surface area (Å²) in [7, 11) is 0. The minimum absolute atomic E-state index is 0.224. The molecule has 3 heterocycles. The molecule has 8 heteroatoms. The number of pyridine rings is 1. The number of anilines is 1. The summed E-state index contributed by atoms with van der Waals surface area (Å²) >= 11 is 0. The lowest BCUT2D eigenvalue weighted by Crippen LogP contribution is -2.49. The van der Waals surface area contributed by atoms with E-state index in [1.807, 2.05) is 37.3 Å². The molecule has 0 saturated carbocycles. The Balaban J connectivity index is 1.61. The quantitative estimate of drug-likeness (QED) is 0.668. The number of benzene rings is 1. The van der Waals surface area contributed by atoms with Crippen LogP contribution < -0.4 is 4.90 Å². The Morgan fingerprint density at radius 2 is 1.72 bits per heavy atom. The number of nitrogens with zero attached hydrogens (tertiary/aromatic N) is 4. The first-order chi connectivity index (χ1) is 13.9. The number of hydrogen-bond donors (Lipinski definition) is 0. The Hall–Kier alpha value is -3.03. The Morgan fingerprint density at radius 1 is 1.03 bits per heavy atom. The molecule has 0 N–H and O–H groups in total. The molecule has 4 rings (SSSR count). The van der Waals surface area contributed by atoms with Gasteiger partial charge in [-0.15, -0.1) is 0 Å². The Labute approximate surface area is 166 Å². The summed E-state index contributed by atoms with van der Waals surface area (Å²) in [6, 6.07) is 12.2. The number of para-hydroxylation sites is 1. The number of rotatable bonds is 3. The standard InChI is InChI=1S/C21H21F3N4O/c1-2-17-19(28-14-15(21(22,23)24)8-9-18(28)25-17)20(29)27-12-10-26(11-13-27)16-6-4-3-5-7-16/h3-9,14H,2,10-13H2,1H3. The van der Waals surface area contributed by atoms with Gasteiger partial charge in [0.15, 0.2) is 0 Å². The Kier molecular flexibility index (Phi) is 4.94. The summed E-state index contributed by atoms with van der Waals surface area (Å²) < 4.78 is 40.8. The molecule has 1 aliphatic heterocycles. The highest BCUT2D eigenvalue weighted by atomic mass is 19.4. The summed E-state index contributed by atoms with van der Waals surface area (Å²) in [5.41, 5.74) is 1.38. The van der Waals surface area contributed by atoms with E-state index in [4.69, 9.17) is 0 Å². The Morgan fingerprint density at radius 3 is 2.34 bits per heavy atom. The van der Waals surface area contributed by atoms with Crippen LogP contribution in [-0.2, 0) is 12.6 Å². The molecule has 1 aliphatic rings. The van der Waals surface area contributed by atoms with Gasteiger partial charge in [0.1, 0.15) is 11.3 Å². The third-order valence-corrected chi connectivity index (χ3v) is 5.24. The molecule has 0 bridgehead atoms. The molecule has 2 aromatic heterocycles. The zero-order chi connectivity index (χ0) is 20.6. The zero-order valence-electron chi connectivity index (χ0n) is 16.0. The SMILES string of the molecule is CCc1nc2ccc(C(F)(F)F)cn2c1C(=O)N1CCN(c2ccccc2)CC1. The lowest BCUT2D eigenvalue weighted by Gasteiger charge is -2.36. The Bertz CT molecular complexity index is 1020. The average Bonchev–Trinajstić information content (AvgIpc) is 3.11. The molecule has 29 heavy (non-hydrogen) atoms. The molecule has 5 nitrogen and oxygen atoms in total. The molecule has 3 aromatic rings. The predicted octanol–water partition coefficient (Wildman–Crippen LogP) is 3.88. The molecular weight excluding hydrogens is 381 g/mol. The molecule has 0 unspecified atom stereocenters. The zero-order valence-corrected chi connectivity index (χ0v) is 16.0. The van der Waals surface area contributed by atoms with Gasteiger partial charge in [-0.1, -0.05) is 25.1 Å². The minimum atomic E-state index is -4.48. The van der Waals surface area contributed by atoms with E-state index in [0.29, 0.717) is 43.9 Å². The number of carbonyl (C=O) groups is 1. The monoisotopic (exact) mass is 402 g/mol. The third-order valence-electron chi connectivity index (χ3n) is 5.24. The maximum atomic E-state index is 13.2. The molecule has 0 spiro atoms. The number of piperazine rings is 1. The van der Waals surface area contributed by atoms with Crippen molar-refractivity contribution < 1.29 is 18.0 Å². The normalized spacial score (nSPS) is 15.2. The van der Waals surface area contributed by atoms with Crippen molar-refractivity contribution in [2.45, 2.75) is 19.5 Å². The van der Waals surface area contributed by atoms with Crippen LogP contribution in [0.2, 0.25) is 0 Å². The number of carbonyl (C=O) groups excluding carboxylic acids is 1. The molecule has 0 radical (unpaired) electrons. The highest BCUT2D eigenvalue weighted by Gasteiger charge is 2.33. The second-order valence-electron chi connectivity index (χ2n) is 7.02. The summed E-state index contributed by atoms with van der Waals surface area (Å²) in [6.45, 7) is 4.19. The van der Waals surface area contributed by atoms with Gasteiger partial charge in [-0.2, -0.15) is 13.2 Å². The van der Waals surface area contributed by atoms with Crippen LogP contribution in [0.5, 0.6) is 0 Å². The van der Waals surface area contributed by atoms with Crippen LogP contribution in [0.4, 0.5) is 18.9 Å². The van der Waals surface area contributed by atoms with Gasteiger partial charge in [-0.25, -0.2) is 4.98 Å². The van der Waals surface area contributed by atoms with Crippen molar-refractivity contribution >= 4 is 17.2 Å².